The van der Waals surface area contributed by atoms with Gasteiger partial charge in [0.25, 0.3) is 5.56 Å². The third-order valence-corrected chi connectivity index (χ3v) is 5.26. The number of aromatic nitrogens is 2. The van der Waals surface area contributed by atoms with E-state index in [0.717, 1.165) is 12.0 Å². The largest absolute Gasteiger partial charge is 0.349 e. The van der Waals surface area contributed by atoms with Crippen LogP contribution in [0.2, 0.25) is 0 Å². The highest BCUT2D eigenvalue weighted by molar-refractivity contribution is 7.99. The number of nitrogens with one attached hydrogen (secondary N) is 1. The average molecular weight is 382 g/mol. The van der Waals surface area contributed by atoms with Crippen molar-refractivity contribution in [2.24, 2.45) is 0 Å². The first-order chi connectivity index (χ1) is 13.1. The maximum absolute atomic E-state index is 12.8. The van der Waals surface area contributed by atoms with Gasteiger partial charge in [0.05, 0.1) is 22.7 Å². The van der Waals surface area contributed by atoms with E-state index in [9.17, 15) is 9.59 Å². The van der Waals surface area contributed by atoms with Crippen LogP contribution in [0.3, 0.4) is 0 Å². The second-order valence-corrected chi connectivity index (χ2v) is 7.30. The van der Waals surface area contributed by atoms with Crippen molar-refractivity contribution in [3.63, 3.8) is 0 Å². The Morgan fingerprint density at radius 3 is 2.59 bits per heavy atom. The summed E-state index contributed by atoms with van der Waals surface area (Å²) < 4.78 is 1.67. The van der Waals surface area contributed by atoms with E-state index in [1.165, 1.54) is 11.8 Å². The minimum absolute atomic E-state index is 0.0528. The quantitative estimate of drug-likeness (QED) is 0.500. The molecule has 27 heavy (non-hydrogen) atoms. The first-order valence-corrected chi connectivity index (χ1v) is 10.1. The summed E-state index contributed by atoms with van der Waals surface area (Å²) >= 11 is 1.30. The Morgan fingerprint density at radius 1 is 1.15 bits per heavy atom. The smallest absolute Gasteiger partial charge is 0.262 e. The molecule has 0 fully saturated rings. The number of rotatable bonds is 7. The second kappa shape index (κ2) is 8.86. The molecule has 0 aliphatic rings. The molecule has 1 N–H and O–H groups in total. The summed E-state index contributed by atoms with van der Waals surface area (Å²) in [5.74, 6) is 0.132. The standard InChI is InChI=1S/C21H23N3O2S/c1-3-13-24-20(26)17-11-7-8-12-18(17)23-21(24)27-14-19(25)22-15(2)16-9-5-4-6-10-16/h4-12,15H,3,13-14H2,1-2H3,(H,22,25). The lowest BCUT2D eigenvalue weighted by molar-refractivity contribution is -0.119. The van der Waals surface area contributed by atoms with Crippen LogP contribution in [0, 0.1) is 0 Å². The van der Waals surface area contributed by atoms with Crippen LogP contribution < -0.4 is 10.9 Å². The van der Waals surface area contributed by atoms with Crippen molar-refractivity contribution in [1.29, 1.82) is 0 Å². The topological polar surface area (TPSA) is 64.0 Å². The van der Waals surface area contributed by atoms with Gasteiger partial charge in [0.2, 0.25) is 5.91 Å². The van der Waals surface area contributed by atoms with Gasteiger partial charge in [0, 0.05) is 6.54 Å². The minimum Gasteiger partial charge on any atom is -0.349 e. The van der Waals surface area contributed by atoms with Crippen molar-refractivity contribution >= 4 is 28.6 Å². The summed E-state index contributed by atoms with van der Waals surface area (Å²) in [5, 5.41) is 4.19. The Balaban J connectivity index is 1.75. The molecule has 2 aromatic carbocycles. The van der Waals surface area contributed by atoms with E-state index in [-0.39, 0.29) is 23.3 Å². The van der Waals surface area contributed by atoms with Gasteiger partial charge in [-0.3, -0.25) is 14.2 Å². The van der Waals surface area contributed by atoms with Gasteiger partial charge < -0.3 is 5.32 Å². The summed E-state index contributed by atoms with van der Waals surface area (Å²) in [7, 11) is 0. The predicted octanol–water partition coefficient (Wildman–Crippen LogP) is 3.78. The maximum atomic E-state index is 12.8. The van der Waals surface area contributed by atoms with Gasteiger partial charge in [-0.05, 0) is 31.0 Å². The highest BCUT2D eigenvalue weighted by atomic mass is 32.2. The Kier molecular flexibility index (Phi) is 6.29. The molecule has 0 saturated carbocycles. The Morgan fingerprint density at radius 2 is 1.85 bits per heavy atom. The van der Waals surface area contributed by atoms with E-state index in [0.29, 0.717) is 22.6 Å². The Bertz CT molecular complexity index is 986. The van der Waals surface area contributed by atoms with Crippen LogP contribution in [0.25, 0.3) is 10.9 Å². The van der Waals surface area contributed by atoms with Gasteiger partial charge in [-0.25, -0.2) is 4.98 Å². The molecule has 0 radical (unpaired) electrons. The third-order valence-electron chi connectivity index (χ3n) is 4.28. The number of nitrogens with zero attached hydrogens (tertiary/aromatic N) is 2. The highest BCUT2D eigenvalue weighted by Gasteiger charge is 2.14. The second-order valence-electron chi connectivity index (χ2n) is 6.36. The van der Waals surface area contributed by atoms with Crippen molar-refractivity contribution in [3.8, 4) is 0 Å². The van der Waals surface area contributed by atoms with Crippen molar-refractivity contribution in [2.75, 3.05) is 5.75 Å². The molecular weight excluding hydrogens is 358 g/mol. The molecule has 0 saturated heterocycles. The fourth-order valence-electron chi connectivity index (χ4n) is 2.92. The molecule has 0 aliphatic carbocycles. The van der Waals surface area contributed by atoms with E-state index >= 15 is 0 Å². The molecule has 0 bridgehead atoms. The summed E-state index contributed by atoms with van der Waals surface area (Å²) in [6.45, 7) is 4.56. The number of carbonyl (C=O) groups excluding carboxylic acids is 1. The molecule has 0 aliphatic heterocycles. The average Bonchev–Trinajstić information content (AvgIpc) is 2.69. The third kappa shape index (κ3) is 4.57. The Labute approximate surface area is 162 Å². The molecule has 1 atom stereocenters. The van der Waals surface area contributed by atoms with Crippen LogP contribution in [-0.4, -0.2) is 21.2 Å². The van der Waals surface area contributed by atoms with Gasteiger partial charge in [-0.1, -0.05) is 61.2 Å². The lowest BCUT2D eigenvalue weighted by Crippen LogP contribution is -2.29. The van der Waals surface area contributed by atoms with E-state index in [1.54, 1.807) is 10.6 Å². The fourth-order valence-corrected chi connectivity index (χ4v) is 3.75. The van der Waals surface area contributed by atoms with E-state index in [4.69, 9.17) is 0 Å². The van der Waals surface area contributed by atoms with Crippen LogP contribution in [0.15, 0.2) is 64.5 Å². The monoisotopic (exact) mass is 381 g/mol. The van der Waals surface area contributed by atoms with E-state index in [2.05, 4.69) is 10.3 Å². The molecular formula is C21H23N3O2S. The summed E-state index contributed by atoms with van der Waals surface area (Å²) in [5.41, 5.74) is 1.67. The lowest BCUT2D eigenvalue weighted by Gasteiger charge is -2.15. The van der Waals surface area contributed by atoms with Crippen LogP contribution in [0.5, 0.6) is 0 Å². The van der Waals surface area contributed by atoms with E-state index < -0.39 is 0 Å². The van der Waals surface area contributed by atoms with Crippen molar-refractivity contribution < 1.29 is 4.79 Å². The predicted molar refractivity (Wildman–Crippen MR) is 110 cm³/mol. The number of para-hydroxylation sites is 1. The fraction of sp³-hybridized carbons (Fsp3) is 0.286. The van der Waals surface area contributed by atoms with Gasteiger partial charge in [-0.2, -0.15) is 0 Å². The van der Waals surface area contributed by atoms with Crippen molar-refractivity contribution in [1.82, 2.24) is 14.9 Å². The zero-order valence-electron chi connectivity index (χ0n) is 15.5. The normalized spacial score (nSPS) is 12.1. The SMILES string of the molecule is CCCn1c(SCC(=O)NC(C)c2ccccc2)nc2ccccc2c1=O. The van der Waals surface area contributed by atoms with Crippen LogP contribution in [0.4, 0.5) is 0 Å². The van der Waals surface area contributed by atoms with E-state index in [1.807, 2.05) is 62.4 Å². The molecule has 6 heteroatoms. The molecule has 0 spiro atoms. The summed E-state index contributed by atoms with van der Waals surface area (Å²) in [4.78, 5) is 29.7. The number of carbonyl (C=O) groups is 1. The molecule has 3 aromatic rings. The first kappa shape index (κ1) is 19.2. The van der Waals surface area contributed by atoms with Crippen LogP contribution in [0.1, 0.15) is 31.9 Å². The van der Waals surface area contributed by atoms with Gasteiger partial charge >= 0.3 is 0 Å². The zero-order chi connectivity index (χ0) is 19.2. The summed E-state index contributed by atoms with van der Waals surface area (Å²) in [6.07, 6.45) is 0.824. The lowest BCUT2D eigenvalue weighted by atomic mass is 10.1. The zero-order valence-corrected chi connectivity index (χ0v) is 16.3. The van der Waals surface area contributed by atoms with Gasteiger partial charge in [0.15, 0.2) is 5.16 Å². The van der Waals surface area contributed by atoms with Crippen LogP contribution in [-0.2, 0) is 11.3 Å². The van der Waals surface area contributed by atoms with Gasteiger partial charge in [0.1, 0.15) is 0 Å². The number of amides is 1. The van der Waals surface area contributed by atoms with Crippen molar-refractivity contribution in [3.05, 3.63) is 70.5 Å². The maximum Gasteiger partial charge on any atom is 0.262 e. The number of fused-ring (bicyclic) bond motifs is 1. The molecule has 3 rings (SSSR count). The molecule has 5 nitrogen and oxygen atoms in total. The number of benzene rings is 2. The number of thioether (sulfide) groups is 1. The minimum atomic E-state index is -0.0817. The molecule has 1 heterocycles. The summed E-state index contributed by atoms with van der Waals surface area (Å²) in [6, 6.07) is 17.1. The van der Waals surface area contributed by atoms with Crippen molar-refractivity contribution in [2.45, 2.75) is 38.0 Å². The van der Waals surface area contributed by atoms with Crippen LogP contribution >= 0.6 is 11.8 Å². The number of hydrogen-bond acceptors (Lipinski definition) is 4. The molecule has 1 aromatic heterocycles. The molecule has 140 valence electrons. The number of hydrogen-bond donors (Lipinski definition) is 1. The van der Waals surface area contributed by atoms with Gasteiger partial charge in [-0.15, -0.1) is 0 Å². The molecule has 1 amide bonds. The Hall–Kier alpha value is -2.60. The first-order valence-electron chi connectivity index (χ1n) is 9.07. The molecule has 1 unspecified atom stereocenters. The highest BCUT2D eigenvalue weighted by Crippen LogP contribution is 2.19.